The molecule has 0 aliphatic carbocycles. The minimum absolute atomic E-state index is 0.0496. The van der Waals surface area contributed by atoms with Crippen LogP contribution >= 0.6 is 0 Å². The maximum Gasteiger partial charge on any atom is 0.0822 e. The molecule has 0 saturated carbocycles. The van der Waals surface area contributed by atoms with Gasteiger partial charge in [-0.3, -0.25) is 0 Å². The molecule has 1 unspecified atom stereocenters. The molecule has 0 amide bonds. The molecular formula is C17H28NO2. The first kappa shape index (κ1) is 17.2. The van der Waals surface area contributed by atoms with Crippen molar-refractivity contribution in [2.24, 2.45) is 0 Å². The van der Waals surface area contributed by atoms with Gasteiger partial charge in [-0.05, 0) is 31.4 Å². The van der Waals surface area contributed by atoms with Crippen molar-refractivity contribution < 1.29 is 10.2 Å². The molecule has 0 fully saturated rings. The molecule has 113 valence electrons. The van der Waals surface area contributed by atoms with Gasteiger partial charge >= 0.3 is 0 Å². The molecule has 1 rings (SSSR count). The summed E-state index contributed by atoms with van der Waals surface area (Å²) in [7, 11) is 0. The summed E-state index contributed by atoms with van der Waals surface area (Å²) in [4.78, 5) is 0. The van der Waals surface area contributed by atoms with E-state index in [4.69, 9.17) is 0 Å². The van der Waals surface area contributed by atoms with E-state index in [0.29, 0.717) is 6.54 Å². The molecule has 2 N–H and O–H groups in total. The zero-order chi connectivity index (χ0) is 14.5. The van der Waals surface area contributed by atoms with Gasteiger partial charge < -0.3 is 10.4 Å². The second-order valence-corrected chi connectivity index (χ2v) is 5.35. The zero-order valence-corrected chi connectivity index (χ0v) is 12.4. The standard InChI is InChI=1S/C17H28NO2/c19-14-8-3-1-2-7-11-17(20)15-18-13-12-16-9-5-4-6-10-16/h4-6,9-10,17-18,20H,1-3,7-8,11-15H2. The fourth-order valence-electron chi connectivity index (χ4n) is 2.26. The lowest BCUT2D eigenvalue weighted by molar-refractivity contribution is 0.157. The van der Waals surface area contributed by atoms with Gasteiger partial charge in [0.05, 0.1) is 12.7 Å². The fraction of sp³-hybridized carbons (Fsp3) is 0.647. The van der Waals surface area contributed by atoms with E-state index in [1.54, 1.807) is 0 Å². The maximum absolute atomic E-state index is 10.3. The van der Waals surface area contributed by atoms with Crippen LogP contribution in [0.2, 0.25) is 0 Å². The molecule has 1 atom stereocenters. The molecule has 0 saturated heterocycles. The van der Waals surface area contributed by atoms with Crippen LogP contribution in [0.1, 0.15) is 44.1 Å². The largest absolute Gasteiger partial charge is 0.392 e. The molecule has 1 aromatic carbocycles. The number of benzene rings is 1. The molecule has 0 aromatic heterocycles. The van der Waals surface area contributed by atoms with Crippen LogP contribution in [-0.4, -0.2) is 30.9 Å². The van der Waals surface area contributed by atoms with Crippen LogP contribution in [0.25, 0.3) is 0 Å². The lowest BCUT2D eigenvalue weighted by Gasteiger charge is -2.11. The highest BCUT2D eigenvalue weighted by Crippen LogP contribution is 2.07. The second-order valence-electron chi connectivity index (χ2n) is 5.35. The molecule has 20 heavy (non-hydrogen) atoms. The van der Waals surface area contributed by atoms with Crippen LogP contribution in [0.5, 0.6) is 0 Å². The molecule has 1 radical (unpaired) electrons. The van der Waals surface area contributed by atoms with E-state index in [-0.39, 0.29) is 12.7 Å². The third-order valence-corrected chi connectivity index (χ3v) is 3.49. The average Bonchev–Trinajstić information content (AvgIpc) is 2.48. The Hall–Kier alpha value is -0.900. The SMILES string of the molecule is [O]CCCCCCCC(O)CNCCc1ccccc1. The van der Waals surface area contributed by atoms with Crippen LogP contribution in [0.4, 0.5) is 0 Å². The van der Waals surface area contributed by atoms with E-state index < -0.39 is 0 Å². The van der Waals surface area contributed by atoms with Gasteiger partial charge in [-0.2, -0.15) is 0 Å². The van der Waals surface area contributed by atoms with Gasteiger partial charge in [-0.1, -0.05) is 56.0 Å². The lowest BCUT2D eigenvalue weighted by Crippen LogP contribution is -2.28. The van der Waals surface area contributed by atoms with Gasteiger partial charge in [0, 0.05) is 6.54 Å². The predicted octanol–water partition coefficient (Wildman–Crippen LogP) is 2.95. The van der Waals surface area contributed by atoms with Crippen molar-refractivity contribution in [3.05, 3.63) is 35.9 Å². The molecule has 0 heterocycles. The summed E-state index contributed by atoms with van der Waals surface area (Å²) in [5, 5.41) is 23.4. The topological polar surface area (TPSA) is 52.2 Å². The first-order valence-corrected chi connectivity index (χ1v) is 7.83. The monoisotopic (exact) mass is 278 g/mol. The molecule has 0 aliphatic heterocycles. The summed E-state index contributed by atoms with van der Waals surface area (Å²) >= 11 is 0. The quantitative estimate of drug-likeness (QED) is 0.578. The van der Waals surface area contributed by atoms with Crippen LogP contribution in [0, 0.1) is 0 Å². The number of hydrogen-bond donors (Lipinski definition) is 2. The minimum atomic E-state index is -0.245. The first-order chi connectivity index (χ1) is 9.83. The Morgan fingerprint density at radius 3 is 2.45 bits per heavy atom. The van der Waals surface area contributed by atoms with E-state index in [2.05, 4.69) is 29.6 Å². The number of aliphatic hydroxyl groups is 1. The van der Waals surface area contributed by atoms with E-state index in [1.165, 1.54) is 5.56 Å². The molecule has 1 aromatic rings. The zero-order valence-electron chi connectivity index (χ0n) is 12.4. The lowest BCUT2D eigenvalue weighted by atomic mass is 10.1. The smallest absolute Gasteiger partial charge is 0.0822 e. The van der Waals surface area contributed by atoms with Gasteiger partial charge in [0.2, 0.25) is 0 Å². The van der Waals surface area contributed by atoms with Crippen molar-refractivity contribution in [3.63, 3.8) is 0 Å². The number of rotatable bonds is 12. The van der Waals surface area contributed by atoms with Crippen molar-refractivity contribution in [2.45, 2.75) is 51.0 Å². The summed E-state index contributed by atoms with van der Waals surface area (Å²) in [6.07, 6.45) is 6.75. The first-order valence-electron chi connectivity index (χ1n) is 7.83. The summed E-state index contributed by atoms with van der Waals surface area (Å²) < 4.78 is 0. The second kappa shape index (κ2) is 11.9. The van der Waals surface area contributed by atoms with E-state index in [9.17, 15) is 10.2 Å². The van der Waals surface area contributed by atoms with E-state index in [0.717, 1.165) is 51.5 Å². The minimum Gasteiger partial charge on any atom is -0.392 e. The fourth-order valence-corrected chi connectivity index (χ4v) is 2.26. The maximum atomic E-state index is 10.3. The Bertz CT molecular complexity index is 316. The third kappa shape index (κ3) is 9.08. The highest BCUT2D eigenvalue weighted by molar-refractivity contribution is 5.14. The Morgan fingerprint density at radius 2 is 1.70 bits per heavy atom. The molecule has 0 spiro atoms. The number of hydrogen-bond acceptors (Lipinski definition) is 2. The van der Waals surface area contributed by atoms with Crippen LogP contribution in [-0.2, 0) is 11.5 Å². The van der Waals surface area contributed by atoms with Crippen molar-refractivity contribution >= 4 is 0 Å². The number of unbranched alkanes of at least 4 members (excludes halogenated alkanes) is 4. The normalized spacial score (nSPS) is 12.5. The van der Waals surface area contributed by atoms with Gasteiger partial charge in [0.25, 0.3) is 0 Å². The summed E-state index contributed by atoms with van der Waals surface area (Å²) in [6.45, 7) is 1.63. The molecule has 0 aliphatic rings. The third-order valence-electron chi connectivity index (χ3n) is 3.49. The predicted molar refractivity (Wildman–Crippen MR) is 82.3 cm³/mol. The van der Waals surface area contributed by atoms with Crippen molar-refractivity contribution in [1.29, 1.82) is 0 Å². The average molecular weight is 278 g/mol. The molecule has 3 nitrogen and oxygen atoms in total. The Balaban J connectivity index is 1.91. The van der Waals surface area contributed by atoms with Gasteiger partial charge in [-0.15, -0.1) is 0 Å². The van der Waals surface area contributed by atoms with Crippen molar-refractivity contribution in [1.82, 2.24) is 5.32 Å². The molecule has 0 bridgehead atoms. The molecule has 3 heteroatoms. The van der Waals surface area contributed by atoms with Crippen LogP contribution in [0.3, 0.4) is 0 Å². The highest BCUT2D eigenvalue weighted by Gasteiger charge is 2.03. The van der Waals surface area contributed by atoms with Crippen LogP contribution < -0.4 is 5.32 Å². The summed E-state index contributed by atoms with van der Waals surface area (Å²) in [6, 6.07) is 10.4. The van der Waals surface area contributed by atoms with Gasteiger partial charge in [-0.25, -0.2) is 5.11 Å². The summed E-state index contributed by atoms with van der Waals surface area (Å²) in [5.74, 6) is 0. The number of aliphatic hydroxyl groups excluding tert-OH is 1. The Kier molecular flexibility index (Phi) is 10.2. The van der Waals surface area contributed by atoms with Crippen molar-refractivity contribution in [3.8, 4) is 0 Å². The van der Waals surface area contributed by atoms with Crippen molar-refractivity contribution in [2.75, 3.05) is 19.7 Å². The number of nitrogens with one attached hydrogen (secondary N) is 1. The Labute approximate surface area is 123 Å². The van der Waals surface area contributed by atoms with E-state index >= 15 is 0 Å². The molecular weight excluding hydrogens is 250 g/mol. The van der Waals surface area contributed by atoms with Gasteiger partial charge in [0.1, 0.15) is 0 Å². The Morgan fingerprint density at radius 1 is 1.00 bits per heavy atom. The van der Waals surface area contributed by atoms with Gasteiger partial charge in [0.15, 0.2) is 0 Å². The highest BCUT2D eigenvalue weighted by atomic mass is 16.3. The van der Waals surface area contributed by atoms with Crippen LogP contribution in [0.15, 0.2) is 30.3 Å². The van der Waals surface area contributed by atoms with E-state index in [1.807, 2.05) is 6.07 Å². The summed E-state index contributed by atoms with van der Waals surface area (Å²) in [5.41, 5.74) is 1.33.